The first kappa shape index (κ1) is 13.6. The Bertz CT molecular complexity index is 827. The number of rotatable bonds is 3. The van der Waals surface area contributed by atoms with Crippen molar-refractivity contribution in [2.75, 3.05) is 7.11 Å². The van der Waals surface area contributed by atoms with E-state index in [4.69, 9.17) is 10.5 Å². The number of halogens is 1. The molecule has 6 nitrogen and oxygen atoms in total. The number of carbonyl (C=O) groups excluding carboxylic acids is 1. The third kappa shape index (κ3) is 2.36. The summed E-state index contributed by atoms with van der Waals surface area (Å²) < 4.78 is 7.41. The molecule has 0 radical (unpaired) electrons. The Hall–Kier alpha value is -2.41. The van der Waals surface area contributed by atoms with E-state index >= 15 is 0 Å². The Labute approximate surface area is 128 Å². The lowest BCUT2D eigenvalue weighted by Gasteiger charge is -2.02. The fourth-order valence-electron chi connectivity index (χ4n) is 2.06. The van der Waals surface area contributed by atoms with Crippen molar-refractivity contribution in [2.24, 2.45) is 5.73 Å². The minimum Gasteiger partial charge on any atom is -0.480 e. The van der Waals surface area contributed by atoms with Crippen LogP contribution in [0.25, 0.3) is 16.9 Å². The Balaban J connectivity index is 2.29. The maximum absolute atomic E-state index is 11.8. The quantitative estimate of drug-likeness (QED) is 0.788. The average molecular weight is 347 g/mol. The Morgan fingerprint density at radius 1 is 1.24 bits per heavy atom. The molecule has 1 aromatic carbocycles. The smallest absolute Gasteiger partial charge is 0.269 e. The molecule has 106 valence electrons. The number of aromatic nitrogens is 3. The lowest BCUT2D eigenvalue weighted by Crippen LogP contribution is -2.16. The highest BCUT2D eigenvalue weighted by atomic mass is 79.9. The van der Waals surface area contributed by atoms with Gasteiger partial charge in [0.2, 0.25) is 5.88 Å². The van der Waals surface area contributed by atoms with E-state index in [1.165, 1.54) is 11.6 Å². The molecule has 0 atom stereocenters. The van der Waals surface area contributed by atoms with Gasteiger partial charge in [0.15, 0.2) is 11.3 Å². The van der Waals surface area contributed by atoms with Crippen molar-refractivity contribution < 1.29 is 9.53 Å². The third-order valence-corrected chi connectivity index (χ3v) is 3.54. The number of nitrogens with two attached hydrogens (primary N) is 1. The van der Waals surface area contributed by atoms with Crippen LogP contribution in [0.5, 0.6) is 5.88 Å². The molecule has 0 aliphatic rings. The minimum atomic E-state index is -0.596. The summed E-state index contributed by atoms with van der Waals surface area (Å²) in [7, 11) is 1.50. The van der Waals surface area contributed by atoms with E-state index in [0.29, 0.717) is 17.2 Å². The van der Waals surface area contributed by atoms with Crippen LogP contribution in [0.2, 0.25) is 0 Å². The number of hydrogen-bond donors (Lipinski definition) is 1. The monoisotopic (exact) mass is 346 g/mol. The van der Waals surface area contributed by atoms with Crippen LogP contribution in [0.1, 0.15) is 10.5 Å². The number of ether oxygens (including phenoxy) is 1. The van der Waals surface area contributed by atoms with Crippen molar-refractivity contribution in [3.63, 3.8) is 0 Å². The fourth-order valence-corrected chi connectivity index (χ4v) is 2.32. The van der Waals surface area contributed by atoms with Crippen molar-refractivity contribution in [2.45, 2.75) is 0 Å². The molecule has 0 aliphatic carbocycles. The minimum absolute atomic E-state index is 0.228. The predicted octanol–water partition coefficient (Wildman–Crippen LogP) is 2.27. The van der Waals surface area contributed by atoms with Gasteiger partial charge in [-0.05, 0) is 18.2 Å². The topological polar surface area (TPSA) is 82.5 Å². The Morgan fingerprint density at radius 3 is 2.57 bits per heavy atom. The molecular formula is C14H11BrN4O2. The van der Waals surface area contributed by atoms with Crippen LogP contribution < -0.4 is 10.5 Å². The van der Waals surface area contributed by atoms with Crippen molar-refractivity contribution in [3.05, 3.63) is 46.6 Å². The van der Waals surface area contributed by atoms with Crippen LogP contribution in [0.15, 0.2) is 40.9 Å². The summed E-state index contributed by atoms with van der Waals surface area (Å²) in [5.41, 5.74) is 7.54. The maximum atomic E-state index is 11.8. The van der Waals surface area contributed by atoms with Crippen molar-refractivity contribution in [1.29, 1.82) is 0 Å². The number of imidazole rings is 1. The van der Waals surface area contributed by atoms with Crippen LogP contribution in [0.4, 0.5) is 0 Å². The highest BCUT2D eigenvalue weighted by Gasteiger charge is 2.19. The van der Waals surface area contributed by atoms with Gasteiger partial charge in [0.25, 0.3) is 5.91 Å². The zero-order chi connectivity index (χ0) is 15.0. The molecule has 0 fully saturated rings. The molecule has 1 amide bonds. The highest BCUT2D eigenvalue weighted by Crippen LogP contribution is 2.26. The van der Waals surface area contributed by atoms with Crippen molar-refractivity contribution in [3.8, 4) is 17.1 Å². The molecule has 7 heteroatoms. The van der Waals surface area contributed by atoms with Gasteiger partial charge in [0.1, 0.15) is 5.69 Å². The standard InChI is InChI=1S/C14H11BrN4O2/c1-21-11-7-6-10-17-12(8-2-4-9(15)5-3-8)13(14(16)20)19(10)18-11/h2-7H,1H3,(H2,16,20). The van der Waals surface area contributed by atoms with Gasteiger partial charge in [-0.15, -0.1) is 5.10 Å². The number of hydrogen-bond acceptors (Lipinski definition) is 4. The third-order valence-electron chi connectivity index (χ3n) is 3.01. The van der Waals surface area contributed by atoms with Crippen LogP contribution in [-0.2, 0) is 0 Å². The molecule has 0 spiro atoms. The summed E-state index contributed by atoms with van der Waals surface area (Å²) in [5, 5.41) is 4.20. The molecule has 0 saturated heterocycles. The molecule has 3 aromatic rings. The average Bonchev–Trinajstić information content (AvgIpc) is 2.86. The summed E-state index contributed by atoms with van der Waals surface area (Å²) in [5.74, 6) is -0.217. The highest BCUT2D eigenvalue weighted by molar-refractivity contribution is 9.10. The number of nitrogens with zero attached hydrogens (tertiary/aromatic N) is 3. The van der Waals surface area contributed by atoms with Gasteiger partial charge in [-0.1, -0.05) is 28.1 Å². The van der Waals surface area contributed by atoms with Gasteiger partial charge in [0, 0.05) is 16.1 Å². The molecule has 2 N–H and O–H groups in total. The van der Waals surface area contributed by atoms with Crippen molar-refractivity contribution >= 4 is 27.5 Å². The summed E-state index contributed by atoms with van der Waals surface area (Å²) >= 11 is 3.37. The van der Waals surface area contributed by atoms with Crippen LogP contribution in [0, 0.1) is 0 Å². The van der Waals surface area contributed by atoms with Crippen LogP contribution in [0.3, 0.4) is 0 Å². The van der Waals surface area contributed by atoms with Gasteiger partial charge < -0.3 is 10.5 Å². The molecule has 0 unspecified atom stereocenters. The fraction of sp³-hybridized carbons (Fsp3) is 0.0714. The molecule has 2 aromatic heterocycles. The first-order valence-corrected chi connectivity index (χ1v) is 6.89. The lowest BCUT2D eigenvalue weighted by molar-refractivity contribution is 0.0994. The predicted molar refractivity (Wildman–Crippen MR) is 81.2 cm³/mol. The Kier molecular flexibility index (Phi) is 3.34. The summed E-state index contributed by atoms with van der Waals surface area (Å²) in [6.07, 6.45) is 0. The molecule has 3 rings (SSSR count). The molecule has 0 bridgehead atoms. The van der Waals surface area contributed by atoms with Gasteiger partial charge in [-0.25, -0.2) is 9.50 Å². The SMILES string of the molecule is COc1ccc2nc(-c3ccc(Br)cc3)c(C(N)=O)n2n1. The van der Waals surface area contributed by atoms with E-state index in [-0.39, 0.29) is 5.69 Å². The van der Waals surface area contributed by atoms with Crippen LogP contribution >= 0.6 is 15.9 Å². The number of methoxy groups -OCH3 is 1. The van der Waals surface area contributed by atoms with Gasteiger partial charge in [0.05, 0.1) is 7.11 Å². The van der Waals surface area contributed by atoms with Gasteiger partial charge in [-0.3, -0.25) is 4.79 Å². The summed E-state index contributed by atoms with van der Waals surface area (Å²) in [6, 6.07) is 10.9. The number of primary amides is 1. The second-order valence-electron chi connectivity index (χ2n) is 4.33. The van der Waals surface area contributed by atoms with Crippen LogP contribution in [-0.4, -0.2) is 27.6 Å². The van der Waals surface area contributed by atoms with E-state index < -0.39 is 5.91 Å². The van der Waals surface area contributed by atoms with E-state index in [2.05, 4.69) is 26.0 Å². The molecule has 2 heterocycles. The first-order valence-electron chi connectivity index (χ1n) is 6.09. The number of fused-ring (bicyclic) bond motifs is 1. The van der Waals surface area contributed by atoms with E-state index in [1.54, 1.807) is 12.1 Å². The molecular weight excluding hydrogens is 336 g/mol. The summed E-state index contributed by atoms with van der Waals surface area (Å²) in [6.45, 7) is 0. The van der Waals surface area contributed by atoms with E-state index in [1.807, 2.05) is 24.3 Å². The second-order valence-corrected chi connectivity index (χ2v) is 5.24. The largest absolute Gasteiger partial charge is 0.480 e. The maximum Gasteiger partial charge on any atom is 0.269 e. The molecule has 21 heavy (non-hydrogen) atoms. The lowest BCUT2D eigenvalue weighted by atomic mass is 10.1. The normalized spacial score (nSPS) is 10.8. The zero-order valence-corrected chi connectivity index (χ0v) is 12.7. The number of benzene rings is 1. The first-order chi connectivity index (χ1) is 10.1. The Morgan fingerprint density at radius 2 is 1.95 bits per heavy atom. The molecule has 0 saturated carbocycles. The molecule has 0 aliphatic heterocycles. The van der Waals surface area contributed by atoms with Crippen molar-refractivity contribution in [1.82, 2.24) is 14.6 Å². The second kappa shape index (κ2) is 5.17. The van der Waals surface area contributed by atoms with E-state index in [0.717, 1.165) is 10.0 Å². The number of carbonyl (C=O) groups is 1. The van der Waals surface area contributed by atoms with E-state index in [9.17, 15) is 4.79 Å². The van der Waals surface area contributed by atoms with Gasteiger partial charge in [-0.2, -0.15) is 0 Å². The van der Waals surface area contributed by atoms with Gasteiger partial charge >= 0.3 is 0 Å². The zero-order valence-electron chi connectivity index (χ0n) is 11.1. The summed E-state index contributed by atoms with van der Waals surface area (Å²) in [4.78, 5) is 16.2. The number of amides is 1.